The van der Waals surface area contributed by atoms with Gasteiger partial charge in [0.1, 0.15) is 12.4 Å². The van der Waals surface area contributed by atoms with E-state index < -0.39 is 0 Å². The molecule has 1 fully saturated rings. The lowest BCUT2D eigenvalue weighted by Gasteiger charge is -2.38. The Morgan fingerprint density at radius 3 is 2.38 bits per heavy atom. The zero-order valence-corrected chi connectivity index (χ0v) is 11.9. The van der Waals surface area contributed by atoms with Crippen molar-refractivity contribution in [3.8, 4) is 0 Å². The molecule has 0 aromatic heterocycles. The fourth-order valence-corrected chi connectivity index (χ4v) is 2.79. The van der Waals surface area contributed by atoms with Crippen LogP contribution in [0.1, 0.15) is 17.2 Å². The number of hydrogen-bond acceptors (Lipinski definition) is 3. The quantitative estimate of drug-likeness (QED) is 0.807. The van der Waals surface area contributed by atoms with Gasteiger partial charge in [-0.15, -0.1) is 0 Å². The Morgan fingerprint density at radius 2 is 1.71 bits per heavy atom. The predicted octanol–water partition coefficient (Wildman–Crippen LogP) is 2.83. The largest absolute Gasteiger partial charge is 0.367 e. The lowest BCUT2D eigenvalue weighted by Crippen LogP contribution is -2.44. The van der Waals surface area contributed by atoms with Gasteiger partial charge in [-0.25, -0.2) is 0 Å². The minimum atomic E-state index is -0.325. The summed E-state index contributed by atoms with van der Waals surface area (Å²) in [5, 5.41) is 0. The minimum Gasteiger partial charge on any atom is -0.367 e. The van der Waals surface area contributed by atoms with Crippen LogP contribution in [-0.2, 0) is 16.1 Å². The van der Waals surface area contributed by atoms with Gasteiger partial charge in [-0.1, -0.05) is 60.7 Å². The first-order valence-corrected chi connectivity index (χ1v) is 7.26. The van der Waals surface area contributed by atoms with E-state index in [-0.39, 0.29) is 12.1 Å². The van der Waals surface area contributed by atoms with Crippen molar-refractivity contribution in [2.45, 2.75) is 18.7 Å². The van der Waals surface area contributed by atoms with Crippen LogP contribution < -0.4 is 0 Å². The van der Waals surface area contributed by atoms with Gasteiger partial charge in [-0.2, -0.15) is 0 Å². The lowest BCUT2D eigenvalue weighted by molar-refractivity contribution is -0.128. The van der Waals surface area contributed by atoms with Gasteiger partial charge in [0.25, 0.3) is 0 Å². The van der Waals surface area contributed by atoms with E-state index in [0.29, 0.717) is 13.2 Å². The smallest absolute Gasteiger partial charge is 0.150 e. The Bertz CT molecular complexity index is 570. The maximum absolute atomic E-state index is 11.0. The summed E-state index contributed by atoms with van der Waals surface area (Å²) in [7, 11) is 0. The monoisotopic (exact) mass is 281 g/mol. The van der Waals surface area contributed by atoms with Crippen LogP contribution in [0.3, 0.4) is 0 Å². The highest BCUT2D eigenvalue weighted by atomic mass is 16.5. The second kappa shape index (κ2) is 6.66. The average Bonchev–Trinajstić information content (AvgIpc) is 2.56. The highest BCUT2D eigenvalue weighted by molar-refractivity contribution is 5.56. The third-order valence-electron chi connectivity index (χ3n) is 3.89. The average molecular weight is 281 g/mol. The van der Waals surface area contributed by atoms with Gasteiger partial charge in [0, 0.05) is 13.1 Å². The first kappa shape index (κ1) is 14.0. The van der Waals surface area contributed by atoms with Crippen molar-refractivity contribution in [2.24, 2.45) is 0 Å². The second-order valence-corrected chi connectivity index (χ2v) is 5.35. The number of rotatable bonds is 4. The van der Waals surface area contributed by atoms with Crippen molar-refractivity contribution < 1.29 is 9.53 Å². The van der Waals surface area contributed by atoms with Crippen molar-refractivity contribution in [2.75, 3.05) is 13.2 Å². The molecule has 1 aliphatic heterocycles. The van der Waals surface area contributed by atoms with E-state index in [9.17, 15) is 4.79 Å². The number of nitrogens with zero attached hydrogens (tertiary/aromatic N) is 1. The fraction of sp³-hybridized carbons (Fsp3) is 0.278. The molecule has 0 aliphatic carbocycles. The summed E-state index contributed by atoms with van der Waals surface area (Å²) in [5.74, 6) is 0. The molecular weight excluding hydrogens is 262 g/mol. The minimum absolute atomic E-state index is 0.197. The summed E-state index contributed by atoms with van der Waals surface area (Å²) in [6.07, 6.45) is 0.577. The molecule has 108 valence electrons. The number of hydrogen-bond donors (Lipinski definition) is 0. The number of carbonyl (C=O) groups is 1. The summed E-state index contributed by atoms with van der Waals surface area (Å²) >= 11 is 0. The lowest BCUT2D eigenvalue weighted by atomic mass is 10.0. The molecule has 2 aromatic carbocycles. The van der Waals surface area contributed by atoms with Crippen molar-refractivity contribution in [1.82, 2.24) is 4.90 Å². The number of aldehydes is 1. The molecule has 3 heteroatoms. The third-order valence-corrected chi connectivity index (χ3v) is 3.89. The van der Waals surface area contributed by atoms with Crippen LogP contribution >= 0.6 is 0 Å². The highest BCUT2D eigenvalue weighted by Crippen LogP contribution is 2.27. The summed E-state index contributed by atoms with van der Waals surface area (Å²) in [6, 6.07) is 20.9. The van der Waals surface area contributed by atoms with Gasteiger partial charge in [0.05, 0.1) is 12.6 Å². The van der Waals surface area contributed by atoms with Crippen molar-refractivity contribution in [3.63, 3.8) is 0 Å². The van der Waals surface area contributed by atoms with E-state index in [2.05, 4.69) is 29.2 Å². The molecule has 0 amide bonds. The maximum Gasteiger partial charge on any atom is 0.150 e. The SMILES string of the molecule is O=CC1CN(Cc2ccccc2)[C@H](c2ccccc2)CO1. The van der Waals surface area contributed by atoms with Crippen LogP contribution in [0.5, 0.6) is 0 Å². The van der Waals surface area contributed by atoms with Crippen molar-refractivity contribution in [1.29, 1.82) is 0 Å². The molecular formula is C18H19NO2. The maximum atomic E-state index is 11.0. The van der Waals surface area contributed by atoms with E-state index in [1.807, 2.05) is 36.4 Å². The zero-order valence-electron chi connectivity index (χ0n) is 11.9. The Labute approximate surface area is 125 Å². The van der Waals surface area contributed by atoms with E-state index >= 15 is 0 Å². The van der Waals surface area contributed by atoms with Crippen LogP contribution in [0.2, 0.25) is 0 Å². The van der Waals surface area contributed by atoms with Crippen LogP contribution in [0.4, 0.5) is 0 Å². The third kappa shape index (κ3) is 3.38. The number of morpholine rings is 1. The van der Waals surface area contributed by atoms with Crippen LogP contribution in [0.25, 0.3) is 0 Å². The molecule has 1 aliphatic rings. The molecule has 1 unspecified atom stereocenters. The molecule has 1 saturated heterocycles. The summed E-state index contributed by atoms with van der Waals surface area (Å²) in [6.45, 7) is 2.02. The summed E-state index contributed by atoms with van der Waals surface area (Å²) < 4.78 is 5.65. The fourth-order valence-electron chi connectivity index (χ4n) is 2.79. The number of benzene rings is 2. The van der Waals surface area contributed by atoms with Crippen LogP contribution in [-0.4, -0.2) is 30.4 Å². The molecule has 3 rings (SSSR count). The van der Waals surface area contributed by atoms with Crippen LogP contribution in [0.15, 0.2) is 60.7 Å². The van der Waals surface area contributed by atoms with Gasteiger partial charge < -0.3 is 9.53 Å². The Kier molecular flexibility index (Phi) is 4.43. The van der Waals surface area contributed by atoms with E-state index in [0.717, 1.165) is 12.8 Å². The normalized spacial score (nSPS) is 22.9. The topological polar surface area (TPSA) is 29.5 Å². The predicted molar refractivity (Wildman–Crippen MR) is 81.8 cm³/mol. The Balaban J connectivity index is 1.82. The Morgan fingerprint density at radius 1 is 1.05 bits per heavy atom. The van der Waals surface area contributed by atoms with E-state index in [1.165, 1.54) is 11.1 Å². The molecule has 0 N–H and O–H groups in total. The Hall–Kier alpha value is -1.97. The zero-order chi connectivity index (χ0) is 14.5. The standard InChI is InChI=1S/C18H19NO2/c20-13-17-12-19(11-15-7-3-1-4-8-15)18(14-21-17)16-9-5-2-6-10-16/h1-10,13,17-18H,11-12,14H2/t17?,18-/m0/s1. The van der Waals surface area contributed by atoms with Crippen LogP contribution in [0, 0.1) is 0 Å². The first-order chi connectivity index (χ1) is 10.4. The molecule has 0 spiro atoms. The summed E-state index contributed by atoms with van der Waals surface area (Å²) in [5.41, 5.74) is 2.49. The molecule has 2 aromatic rings. The van der Waals surface area contributed by atoms with Gasteiger partial charge in [-0.3, -0.25) is 4.90 Å². The highest BCUT2D eigenvalue weighted by Gasteiger charge is 2.29. The van der Waals surface area contributed by atoms with Gasteiger partial charge >= 0.3 is 0 Å². The first-order valence-electron chi connectivity index (χ1n) is 7.26. The van der Waals surface area contributed by atoms with Gasteiger partial charge in [0.15, 0.2) is 0 Å². The second-order valence-electron chi connectivity index (χ2n) is 5.35. The molecule has 0 saturated carbocycles. The molecule has 0 bridgehead atoms. The molecule has 3 nitrogen and oxygen atoms in total. The molecule has 2 atom stereocenters. The molecule has 1 heterocycles. The van der Waals surface area contributed by atoms with Crippen molar-refractivity contribution >= 4 is 6.29 Å². The van der Waals surface area contributed by atoms with Gasteiger partial charge in [0.2, 0.25) is 0 Å². The van der Waals surface area contributed by atoms with Crippen molar-refractivity contribution in [3.05, 3.63) is 71.8 Å². The molecule has 21 heavy (non-hydrogen) atoms. The van der Waals surface area contributed by atoms with Gasteiger partial charge in [-0.05, 0) is 11.1 Å². The van der Waals surface area contributed by atoms with E-state index in [4.69, 9.17) is 4.74 Å². The van der Waals surface area contributed by atoms with E-state index in [1.54, 1.807) is 0 Å². The molecule has 0 radical (unpaired) electrons. The summed E-state index contributed by atoms with van der Waals surface area (Å²) in [4.78, 5) is 13.4. The number of carbonyl (C=O) groups excluding carboxylic acids is 1. The number of ether oxygens (including phenoxy) is 1.